The molecular weight excluding hydrogens is 304 g/mol. The Labute approximate surface area is 143 Å². The molecule has 0 aliphatic carbocycles. The van der Waals surface area contributed by atoms with Gasteiger partial charge in [-0.15, -0.1) is 11.8 Å². The monoisotopic (exact) mass is 330 g/mol. The molecule has 4 nitrogen and oxygen atoms in total. The number of thioether (sulfide) groups is 1. The van der Waals surface area contributed by atoms with E-state index in [4.69, 9.17) is 0 Å². The molecule has 2 aromatic rings. The lowest BCUT2D eigenvalue weighted by Crippen LogP contribution is -2.31. The fourth-order valence-corrected chi connectivity index (χ4v) is 3.86. The summed E-state index contributed by atoms with van der Waals surface area (Å²) in [4.78, 5) is 15.3. The van der Waals surface area contributed by atoms with Crippen LogP contribution in [0.2, 0.25) is 0 Å². The van der Waals surface area contributed by atoms with Gasteiger partial charge in [0.05, 0.1) is 5.52 Å². The first-order chi connectivity index (χ1) is 11.2. The van der Waals surface area contributed by atoms with Crippen LogP contribution in [0.25, 0.3) is 10.9 Å². The summed E-state index contributed by atoms with van der Waals surface area (Å²) in [6.45, 7) is 10.2. The maximum Gasteiger partial charge on any atom is 0.139 e. The van der Waals surface area contributed by atoms with Crippen molar-refractivity contribution < 1.29 is 0 Å². The molecule has 124 valence electrons. The smallest absolute Gasteiger partial charge is 0.139 e. The molecule has 5 heteroatoms. The van der Waals surface area contributed by atoms with Gasteiger partial charge in [0.15, 0.2) is 0 Å². The highest BCUT2D eigenvalue weighted by Crippen LogP contribution is 2.30. The van der Waals surface area contributed by atoms with E-state index < -0.39 is 0 Å². The lowest BCUT2D eigenvalue weighted by atomic mass is 10.1. The van der Waals surface area contributed by atoms with Gasteiger partial charge >= 0.3 is 0 Å². The van der Waals surface area contributed by atoms with Crippen LogP contribution in [0.5, 0.6) is 0 Å². The Morgan fingerprint density at radius 2 is 2.09 bits per heavy atom. The van der Waals surface area contributed by atoms with Crippen molar-refractivity contribution in [1.82, 2.24) is 14.9 Å². The maximum absolute atomic E-state index is 4.61. The minimum Gasteiger partial charge on any atom is -0.356 e. The summed E-state index contributed by atoms with van der Waals surface area (Å²) in [6, 6.07) is 6.47. The third-order valence-corrected chi connectivity index (χ3v) is 5.54. The molecule has 0 amide bonds. The summed E-state index contributed by atoms with van der Waals surface area (Å²) in [6.07, 6.45) is 5.07. The molecule has 1 fully saturated rings. The average Bonchev–Trinajstić information content (AvgIpc) is 3.07. The molecular formula is C18H26N4S. The van der Waals surface area contributed by atoms with Crippen LogP contribution in [-0.4, -0.2) is 53.8 Å². The number of aromatic nitrogens is 2. The SMILES string of the molecule is CCN(CC)CC1CCN(c2ncnc3ccc(SC)cc23)C1. The van der Waals surface area contributed by atoms with Gasteiger partial charge in [-0.25, -0.2) is 9.97 Å². The highest BCUT2D eigenvalue weighted by molar-refractivity contribution is 7.98. The Kier molecular flexibility index (Phi) is 5.38. The normalized spacial score (nSPS) is 18.3. The fraction of sp³-hybridized carbons (Fsp3) is 0.556. The Balaban J connectivity index is 1.81. The van der Waals surface area contributed by atoms with Gasteiger partial charge in [-0.1, -0.05) is 13.8 Å². The first kappa shape index (κ1) is 16.5. The Morgan fingerprint density at radius 3 is 2.83 bits per heavy atom. The highest BCUT2D eigenvalue weighted by Gasteiger charge is 2.26. The largest absolute Gasteiger partial charge is 0.356 e. The van der Waals surface area contributed by atoms with E-state index in [1.807, 2.05) is 0 Å². The lowest BCUT2D eigenvalue weighted by molar-refractivity contribution is 0.261. The summed E-state index contributed by atoms with van der Waals surface area (Å²) in [7, 11) is 0. The van der Waals surface area contributed by atoms with Gasteiger partial charge in [-0.05, 0) is 49.9 Å². The van der Waals surface area contributed by atoms with Crippen molar-refractivity contribution in [2.45, 2.75) is 25.2 Å². The maximum atomic E-state index is 4.61. The Hall–Kier alpha value is -1.33. The van der Waals surface area contributed by atoms with Crippen LogP contribution < -0.4 is 4.90 Å². The molecule has 1 atom stereocenters. The van der Waals surface area contributed by atoms with Crippen molar-refractivity contribution >= 4 is 28.5 Å². The van der Waals surface area contributed by atoms with Gasteiger partial charge in [-0.3, -0.25) is 0 Å². The summed E-state index contributed by atoms with van der Waals surface area (Å²) in [5.74, 6) is 1.84. The molecule has 1 unspecified atom stereocenters. The van der Waals surface area contributed by atoms with Gasteiger partial charge in [-0.2, -0.15) is 0 Å². The number of hydrogen-bond donors (Lipinski definition) is 0. The lowest BCUT2D eigenvalue weighted by Gasteiger charge is -2.23. The van der Waals surface area contributed by atoms with Gasteiger partial charge in [0.2, 0.25) is 0 Å². The van der Waals surface area contributed by atoms with E-state index in [-0.39, 0.29) is 0 Å². The number of benzene rings is 1. The van der Waals surface area contributed by atoms with Crippen molar-refractivity contribution in [2.75, 3.05) is 43.9 Å². The molecule has 23 heavy (non-hydrogen) atoms. The molecule has 0 radical (unpaired) electrons. The summed E-state index contributed by atoms with van der Waals surface area (Å²) >= 11 is 1.77. The molecule has 1 aliphatic rings. The second-order valence-corrected chi connectivity index (χ2v) is 7.05. The molecule has 1 aromatic carbocycles. The van der Waals surface area contributed by atoms with Crippen LogP contribution in [0, 0.1) is 5.92 Å². The molecule has 0 spiro atoms. The van der Waals surface area contributed by atoms with Crippen molar-refractivity contribution in [3.8, 4) is 0 Å². The number of nitrogens with zero attached hydrogens (tertiary/aromatic N) is 4. The molecule has 0 saturated carbocycles. The van der Waals surface area contributed by atoms with Crippen molar-refractivity contribution in [1.29, 1.82) is 0 Å². The van der Waals surface area contributed by atoms with Crippen LogP contribution in [0.3, 0.4) is 0 Å². The molecule has 1 saturated heterocycles. The van der Waals surface area contributed by atoms with Gasteiger partial charge in [0.1, 0.15) is 12.1 Å². The number of hydrogen-bond acceptors (Lipinski definition) is 5. The molecule has 1 aliphatic heterocycles. The Morgan fingerprint density at radius 1 is 1.26 bits per heavy atom. The van der Waals surface area contributed by atoms with Crippen LogP contribution in [-0.2, 0) is 0 Å². The third-order valence-electron chi connectivity index (χ3n) is 4.82. The van der Waals surface area contributed by atoms with E-state index in [0.29, 0.717) is 0 Å². The first-order valence-corrected chi connectivity index (χ1v) is 9.73. The van der Waals surface area contributed by atoms with Crippen molar-refractivity contribution in [3.05, 3.63) is 24.5 Å². The molecule has 0 bridgehead atoms. The third kappa shape index (κ3) is 3.61. The Bertz CT molecular complexity index is 657. The summed E-state index contributed by atoms with van der Waals surface area (Å²) < 4.78 is 0. The molecule has 1 aromatic heterocycles. The van der Waals surface area contributed by atoms with E-state index >= 15 is 0 Å². The van der Waals surface area contributed by atoms with Crippen LogP contribution >= 0.6 is 11.8 Å². The highest BCUT2D eigenvalue weighted by atomic mass is 32.2. The van der Waals surface area contributed by atoms with E-state index in [0.717, 1.165) is 43.4 Å². The fourth-order valence-electron chi connectivity index (χ4n) is 3.42. The predicted octanol–water partition coefficient (Wildman–Crippen LogP) is 3.52. The van der Waals surface area contributed by atoms with Crippen molar-refractivity contribution in [3.63, 3.8) is 0 Å². The van der Waals surface area contributed by atoms with Crippen molar-refractivity contribution in [2.24, 2.45) is 5.92 Å². The zero-order valence-electron chi connectivity index (χ0n) is 14.3. The molecule has 2 heterocycles. The van der Waals surface area contributed by atoms with Gasteiger partial charge in [0, 0.05) is 29.9 Å². The number of rotatable bonds is 6. The second kappa shape index (κ2) is 7.49. The molecule has 0 N–H and O–H groups in total. The average molecular weight is 331 g/mol. The number of anilines is 1. The quantitative estimate of drug-likeness (QED) is 0.757. The van der Waals surface area contributed by atoms with Crippen LogP contribution in [0.1, 0.15) is 20.3 Å². The summed E-state index contributed by atoms with van der Waals surface area (Å²) in [5.41, 5.74) is 1.04. The minimum absolute atomic E-state index is 0.739. The van der Waals surface area contributed by atoms with E-state index in [9.17, 15) is 0 Å². The second-order valence-electron chi connectivity index (χ2n) is 6.17. The van der Waals surface area contributed by atoms with E-state index in [1.165, 1.54) is 23.2 Å². The topological polar surface area (TPSA) is 32.3 Å². The number of fused-ring (bicyclic) bond motifs is 1. The van der Waals surface area contributed by atoms with Crippen LogP contribution in [0.15, 0.2) is 29.4 Å². The van der Waals surface area contributed by atoms with E-state index in [1.54, 1.807) is 18.1 Å². The zero-order chi connectivity index (χ0) is 16.2. The zero-order valence-corrected chi connectivity index (χ0v) is 15.1. The molecule has 3 rings (SSSR count). The minimum atomic E-state index is 0.739. The van der Waals surface area contributed by atoms with Crippen LogP contribution in [0.4, 0.5) is 5.82 Å². The predicted molar refractivity (Wildman–Crippen MR) is 99.4 cm³/mol. The standard InChI is InChI=1S/C18H26N4S/c1-4-21(5-2)11-14-8-9-22(12-14)18-16-10-15(23-3)6-7-17(16)19-13-20-18/h6-7,10,13-14H,4-5,8-9,11-12H2,1-3H3. The van der Waals surface area contributed by atoms with E-state index in [2.05, 4.69) is 58.1 Å². The first-order valence-electron chi connectivity index (χ1n) is 8.51. The van der Waals surface area contributed by atoms with Gasteiger partial charge < -0.3 is 9.80 Å². The summed E-state index contributed by atoms with van der Waals surface area (Å²) in [5, 5.41) is 1.18. The van der Waals surface area contributed by atoms with Gasteiger partial charge in [0.25, 0.3) is 0 Å².